The Morgan fingerprint density at radius 2 is 2.14 bits per heavy atom. The van der Waals surface area contributed by atoms with E-state index in [9.17, 15) is 9.90 Å². The molecule has 0 heterocycles. The largest absolute Gasteiger partial charge is 0.506 e. The fourth-order valence-electron chi connectivity index (χ4n) is 0.986. The lowest BCUT2D eigenvalue weighted by Crippen LogP contribution is -2.04. The summed E-state index contributed by atoms with van der Waals surface area (Å²) in [5.74, 6) is -0.577. The van der Waals surface area contributed by atoms with E-state index in [1.807, 2.05) is 0 Å². The van der Waals surface area contributed by atoms with Crippen molar-refractivity contribution in [1.82, 2.24) is 0 Å². The number of hydrogen-bond acceptors (Lipinski definition) is 3. The SMILES string of the molecule is COC(=O)Cc1cc(Cl)cc(O)c1Cl. The van der Waals surface area contributed by atoms with E-state index in [0.29, 0.717) is 10.6 Å². The fraction of sp³-hybridized carbons (Fsp3) is 0.222. The Morgan fingerprint density at radius 3 is 2.71 bits per heavy atom. The highest BCUT2D eigenvalue weighted by molar-refractivity contribution is 6.35. The number of carbonyl (C=O) groups is 1. The Bertz CT molecular complexity index is 363. The number of carbonyl (C=O) groups excluding carboxylic acids is 1. The highest BCUT2D eigenvalue weighted by Gasteiger charge is 2.11. The molecule has 3 nitrogen and oxygen atoms in total. The van der Waals surface area contributed by atoms with Crippen LogP contribution in [0.2, 0.25) is 10.0 Å². The summed E-state index contributed by atoms with van der Waals surface area (Å²) in [6.07, 6.45) is -0.0105. The molecule has 1 rings (SSSR count). The first-order valence-corrected chi connectivity index (χ1v) is 4.54. The number of hydrogen-bond donors (Lipinski definition) is 1. The minimum atomic E-state index is -0.437. The molecular weight excluding hydrogens is 227 g/mol. The Labute approximate surface area is 91.2 Å². The zero-order chi connectivity index (χ0) is 10.7. The van der Waals surface area contributed by atoms with Gasteiger partial charge in [0.25, 0.3) is 0 Å². The number of phenolic OH excluding ortho intramolecular Hbond substituents is 1. The zero-order valence-corrected chi connectivity index (χ0v) is 8.89. The lowest BCUT2D eigenvalue weighted by atomic mass is 10.1. The van der Waals surface area contributed by atoms with Gasteiger partial charge in [-0.1, -0.05) is 23.2 Å². The summed E-state index contributed by atoms with van der Waals surface area (Å²) in [5.41, 5.74) is 0.448. The van der Waals surface area contributed by atoms with Gasteiger partial charge in [-0.05, 0) is 11.6 Å². The van der Waals surface area contributed by atoms with Crippen molar-refractivity contribution in [2.24, 2.45) is 0 Å². The number of ether oxygens (including phenoxy) is 1. The smallest absolute Gasteiger partial charge is 0.310 e. The normalized spacial score (nSPS) is 9.93. The molecule has 14 heavy (non-hydrogen) atoms. The molecular formula is C9H8Cl2O3. The van der Waals surface area contributed by atoms with Crippen molar-refractivity contribution in [2.45, 2.75) is 6.42 Å². The second-order valence-electron chi connectivity index (χ2n) is 2.65. The third-order valence-corrected chi connectivity index (χ3v) is 2.31. The molecule has 0 aliphatic carbocycles. The van der Waals surface area contributed by atoms with Crippen LogP contribution in [-0.4, -0.2) is 18.2 Å². The van der Waals surface area contributed by atoms with Gasteiger partial charge in [0, 0.05) is 11.1 Å². The molecule has 0 unspecified atom stereocenters. The summed E-state index contributed by atoms with van der Waals surface area (Å²) in [5, 5.41) is 9.75. The van der Waals surface area contributed by atoms with Crippen LogP contribution in [0, 0.1) is 0 Å². The molecule has 1 aromatic carbocycles. The molecule has 0 radical (unpaired) electrons. The number of esters is 1. The summed E-state index contributed by atoms with van der Waals surface area (Å²) in [6.45, 7) is 0. The van der Waals surface area contributed by atoms with Crippen LogP contribution in [0.5, 0.6) is 5.75 Å². The first-order chi connectivity index (χ1) is 6.54. The molecule has 0 aliphatic heterocycles. The number of rotatable bonds is 2. The van der Waals surface area contributed by atoms with Crippen molar-refractivity contribution in [3.05, 3.63) is 27.7 Å². The van der Waals surface area contributed by atoms with Crippen LogP contribution >= 0.6 is 23.2 Å². The number of halogens is 2. The third-order valence-electron chi connectivity index (χ3n) is 1.66. The molecule has 5 heteroatoms. The molecule has 0 spiro atoms. The second-order valence-corrected chi connectivity index (χ2v) is 3.47. The molecule has 0 saturated heterocycles. The number of phenols is 1. The minimum absolute atomic E-state index is 0.0105. The predicted octanol–water partition coefficient (Wildman–Crippen LogP) is 2.41. The quantitative estimate of drug-likeness (QED) is 0.800. The molecule has 0 atom stereocenters. The van der Waals surface area contributed by atoms with Crippen LogP contribution in [0.1, 0.15) is 5.56 Å². The monoisotopic (exact) mass is 234 g/mol. The van der Waals surface area contributed by atoms with Crippen molar-refractivity contribution < 1.29 is 14.6 Å². The maximum absolute atomic E-state index is 11.0. The molecule has 0 fully saturated rings. The van der Waals surface area contributed by atoms with Gasteiger partial charge < -0.3 is 9.84 Å². The number of methoxy groups -OCH3 is 1. The van der Waals surface area contributed by atoms with Gasteiger partial charge in [-0.3, -0.25) is 4.79 Å². The minimum Gasteiger partial charge on any atom is -0.506 e. The Morgan fingerprint density at radius 1 is 1.50 bits per heavy atom. The van der Waals surface area contributed by atoms with Crippen LogP contribution in [-0.2, 0) is 16.0 Å². The Balaban J connectivity index is 3.02. The fourth-order valence-corrected chi connectivity index (χ4v) is 1.40. The van der Waals surface area contributed by atoms with Crippen LogP contribution < -0.4 is 0 Å². The number of aromatic hydroxyl groups is 1. The zero-order valence-electron chi connectivity index (χ0n) is 7.38. The number of benzene rings is 1. The second kappa shape index (κ2) is 4.53. The van der Waals surface area contributed by atoms with E-state index in [1.165, 1.54) is 19.2 Å². The average molecular weight is 235 g/mol. The lowest BCUT2D eigenvalue weighted by molar-refractivity contribution is -0.139. The summed E-state index contributed by atoms with van der Waals surface area (Å²) in [4.78, 5) is 11.0. The summed E-state index contributed by atoms with van der Waals surface area (Å²) < 4.78 is 4.47. The van der Waals surface area contributed by atoms with Gasteiger partial charge in [-0.25, -0.2) is 0 Å². The van der Waals surface area contributed by atoms with Crippen molar-refractivity contribution in [3.8, 4) is 5.75 Å². The maximum atomic E-state index is 11.0. The van der Waals surface area contributed by atoms with E-state index in [0.717, 1.165) is 0 Å². The van der Waals surface area contributed by atoms with Crippen molar-refractivity contribution in [2.75, 3.05) is 7.11 Å². The standard InChI is InChI=1S/C9H8Cl2O3/c1-14-8(13)3-5-2-6(10)4-7(12)9(5)11/h2,4,12H,3H2,1H3. The van der Waals surface area contributed by atoms with Crippen LogP contribution in [0.3, 0.4) is 0 Å². The first-order valence-electron chi connectivity index (χ1n) is 3.78. The molecule has 1 N–H and O–H groups in total. The van der Waals surface area contributed by atoms with Gasteiger partial charge in [-0.15, -0.1) is 0 Å². The van der Waals surface area contributed by atoms with E-state index >= 15 is 0 Å². The maximum Gasteiger partial charge on any atom is 0.310 e. The van der Waals surface area contributed by atoms with E-state index in [4.69, 9.17) is 23.2 Å². The topological polar surface area (TPSA) is 46.5 Å². The van der Waals surface area contributed by atoms with Gasteiger partial charge in [0.1, 0.15) is 5.75 Å². The van der Waals surface area contributed by atoms with Crippen molar-refractivity contribution in [3.63, 3.8) is 0 Å². The van der Waals surface area contributed by atoms with E-state index in [2.05, 4.69) is 4.74 Å². The summed E-state index contributed by atoms with van der Waals surface area (Å²) in [6, 6.07) is 2.82. The highest BCUT2D eigenvalue weighted by Crippen LogP contribution is 2.31. The molecule has 0 saturated carbocycles. The van der Waals surface area contributed by atoms with Crippen molar-refractivity contribution in [1.29, 1.82) is 0 Å². The third kappa shape index (κ3) is 2.53. The molecule has 0 aromatic heterocycles. The Hall–Kier alpha value is -0.930. The average Bonchev–Trinajstić information content (AvgIpc) is 2.13. The molecule has 0 amide bonds. The first kappa shape index (κ1) is 11.1. The van der Waals surface area contributed by atoms with Crippen LogP contribution in [0.15, 0.2) is 12.1 Å². The molecule has 0 aliphatic rings. The predicted molar refractivity (Wildman–Crippen MR) is 53.8 cm³/mol. The van der Waals surface area contributed by atoms with Gasteiger partial charge in [0.15, 0.2) is 0 Å². The van der Waals surface area contributed by atoms with Crippen LogP contribution in [0.25, 0.3) is 0 Å². The molecule has 76 valence electrons. The Kier molecular flexibility index (Phi) is 3.61. The van der Waals surface area contributed by atoms with Crippen molar-refractivity contribution >= 4 is 29.2 Å². The summed E-state index contributed by atoms with van der Waals surface area (Å²) >= 11 is 11.4. The van der Waals surface area contributed by atoms with Crippen LogP contribution in [0.4, 0.5) is 0 Å². The highest BCUT2D eigenvalue weighted by atomic mass is 35.5. The van der Waals surface area contributed by atoms with Gasteiger partial charge >= 0.3 is 5.97 Å². The van der Waals surface area contributed by atoms with Gasteiger partial charge in [-0.2, -0.15) is 0 Å². The molecule has 0 bridgehead atoms. The lowest BCUT2D eigenvalue weighted by Gasteiger charge is -2.05. The molecule has 1 aromatic rings. The summed E-state index contributed by atoms with van der Waals surface area (Å²) in [7, 11) is 1.28. The van der Waals surface area contributed by atoms with Gasteiger partial charge in [0.05, 0.1) is 18.6 Å². The van der Waals surface area contributed by atoms with E-state index < -0.39 is 5.97 Å². The van der Waals surface area contributed by atoms with Gasteiger partial charge in [0.2, 0.25) is 0 Å². The van der Waals surface area contributed by atoms with E-state index in [-0.39, 0.29) is 17.2 Å². The van der Waals surface area contributed by atoms with E-state index in [1.54, 1.807) is 0 Å².